The third-order valence-corrected chi connectivity index (χ3v) is 0. The normalized spacial score (nSPS) is 5.20. The van der Waals surface area contributed by atoms with Gasteiger partial charge < -0.3 is 0 Å². The average Bonchev–Trinajstić information content (AvgIpc) is 0.811. The van der Waals surface area contributed by atoms with Crippen molar-refractivity contribution in [1.82, 2.24) is 0 Å². The summed E-state index contributed by atoms with van der Waals surface area (Å²) in [6, 6.07) is 0. The van der Waals surface area contributed by atoms with Crippen LogP contribution in [-0.2, 0) is 21.9 Å². The van der Waals surface area contributed by atoms with Gasteiger partial charge in [0.05, 0.1) is 0 Å². The van der Waals surface area contributed by atoms with Gasteiger partial charge in [0.1, 0.15) is 0 Å². The minimum atomic E-state index is -3.58. The van der Waals surface area contributed by atoms with E-state index in [1.165, 1.54) is 0 Å². The van der Waals surface area contributed by atoms with E-state index in [1.807, 2.05) is 0 Å². The predicted octanol–water partition coefficient (Wildman–Crippen LogP) is -0.813. The fourth-order valence-corrected chi connectivity index (χ4v) is 0. The van der Waals surface area contributed by atoms with Crippen LogP contribution in [0.3, 0.4) is 0 Å². The van der Waals surface area contributed by atoms with Crippen LogP contribution in [0.25, 0.3) is 0 Å². The van der Waals surface area contributed by atoms with Gasteiger partial charge in [-0.1, -0.05) is 0 Å². The van der Waals surface area contributed by atoms with Gasteiger partial charge in [0.15, 0.2) is 0 Å². The van der Waals surface area contributed by atoms with E-state index in [2.05, 4.69) is 0 Å². The second kappa shape index (κ2) is 4.72. The first-order valence-electron chi connectivity index (χ1n) is 0.651. The molecule has 32 valence electrons. The SMILES string of the molecule is Cl.[O]=[Ti]([OH])[OH]. The molecule has 0 heterocycles. The third-order valence-electron chi connectivity index (χ3n) is 0. The van der Waals surface area contributed by atoms with Crippen LogP contribution < -0.4 is 0 Å². The van der Waals surface area contributed by atoms with Crippen molar-refractivity contribution < 1.29 is 29.3 Å². The van der Waals surface area contributed by atoms with E-state index in [1.54, 1.807) is 0 Å². The van der Waals surface area contributed by atoms with Gasteiger partial charge in [-0.05, 0) is 0 Å². The summed E-state index contributed by atoms with van der Waals surface area (Å²) in [5.74, 6) is 0. The van der Waals surface area contributed by atoms with Crippen LogP contribution in [0, 0.1) is 0 Å². The molecule has 0 radical (unpaired) electrons. The van der Waals surface area contributed by atoms with E-state index < -0.39 is 18.6 Å². The molecule has 2 N–H and O–H groups in total. The Morgan fingerprint density at radius 1 is 1.40 bits per heavy atom. The summed E-state index contributed by atoms with van der Waals surface area (Å²) in [6.07, 6.45) is 0. The maximum atomic E-state index is 8.81. The van der Waals surface area contributed by atoms with Gasteiger partial charge in [0.25, 0.3) is 0 Å². The molecule has 5 heavy (non-hydrogen) atoms. The van der Waals surface area contributed by atoms with Crippen molar-refractivity contribution in [2.24, 2.45) is 0 Å². The van der Waals surface area contributed by atoms with Gasteiger partial charge in [-0.3, -0.25) is 0 Å². The van der Waals surface area contributed by atoms with Gasteiger partial charge in [-0.25, -0.2) is 0 Å². The molecule has 0 saturated heterocycles. The molecular formula is H3ClO3Ti. The van der Waals surface area contributed by atoms with Crippen molar-refractivity contribution >= 4 is 12.4 Å². The Kier molecular flexibility index (Phi) is 8.70. The molecule has 0 bridgehead atoms. The van der Waals surface area contributed by atoms with Crippen LogP contribution in [-0.4, -0.2) is 7.38 Å². The van der Waals surface area contributed by atoms with Crippen molar-refractivity contribution in [3.05, 3.63) is 0 Å². The summed E-state index contributed by atoms with van der Waals surface area (Å²) in [5, 5.41) is 0. The first-order valence-corrected chi connectivity index (χ1v) is 2.69. The van der Waals surface area contributed by atoms with Gasteiger partial charge in [-0.2, -0.15) is 0 Å². The zero-order valence-corrected chi connectivity index (χ0v) is 4.59. The van der Waals surface area contributed by atoms with Crippen molar-refractivity contribution in [2.45, 2.75) is 0 Å². The maximum absolute atomic E-state index is 8.81. The molecule has 0 amide bonds. The zero-order chi connectivity index (χ0) is 3.58. The molecule has 0 aromatic heterocycles. The molecule has 0 atom stereocenters. The Morgan fingerprint density at radius 3 is 1.40 bits per heavy atom. The summed E-state index contributed by atoms with van der Waals surface area (Å²) in [4.78, 5) is 0. The van der Waals surface area contributed by atoms with Crippen LogP contribution >= 0.6 is 12.4 Å². The molecular weight excluding hydrogens is 131 g/mol. The van der Waals surface area contributed by atoms with Crippen LogP contribution in [0.15, 0.2) is 0 Å². The number of rotatable bonds is 0. The van der Waals surface area contributed by atoms with Crippen LogP contribution in [0.1, 0.15) is 0 Å². The minimum absolute atomic E-state index is 0. The molecule has 0 aromatic carbocycles. The van der Waals surface area contributed by atoms with Gasteiger partial charge in [-0.15, -0.1) is 12.4 Å². The van der Waals surface area contributed by atoms with Gasteiger partial charge in [0.2, 0.25) is 0 Å². The van der Waals surface area contributed by atoms with E-state index in [9.17, 15) is 0 Å². The summed E-state index contributed by atoms with van der Waals surface area (Å²) in [7, 11) is 0. The first-order chi connectivity index (χ1) is 1.73. The Morgan fingerprint density at radius 2 is 1.40 bits per heavy atom. The number of hydrogen-bond acceptors (Lipinski definition) is 1. The van der Waals surface area contributed by atoms with E-state index in [0.29, 0.717) is 0 Å². The third kappa shape index (κ3) is 66.8. The molecule has 3 nitrogen and oxygen atoms in total. The fraction of sp³-hybridized carbons (Fsp3) is 0. The number of hydrogen-bond donors (Lipinski definition) is 2. The van der Waals surface area contributed by atoms with Crippen molar-refractivity contribution in [3.8, 4) is 0 Å². The Hall–Kier alpha value is 0.724. The zero-order valence-electron chi connectivity index (χ0n) is 2.21. The Labute approximate surface area is 42.1 Å². The van der Waals surface area contributed by atoms with Crippen molar-refractivity contribution in [2.75, 3.05) is 0 Å². The fourth-order valence-electron chi connectivity index (χ4n) is 0. The molecule has 0 saturated carbocycles. The molecule has 5 heteroatoms. The monoisotopic (exact) mass is 134 g/mol. The van der Waals surface area contributed by atoms with Crippen LogP contribution in [0.5, 0.6) is 0 Å². The molecule has 0 rings (SSSR count). The van der Waals surface area contributed by atoms with Crippen LogP contribution in [0.2, 0.25) is 0 Å². The summed E-state index contributed by atoms with van der Waals surface area (Å²) in [5.41, 5.74) is 0. The molecule has 0 unspecified atom stereocenters. The molecule has 0 aliphatic carbocycles. The Bertz CT molecular complexity index is 29.9. The summed E-state index contributed by atoms with van der Waals surface area (Å²) < 4.78 is 23.2. The second-order valence-corrected chi connectivity index (χ2v) is 1.17. The van der Waals surface area contributed by atoms with E-state index >= 15 is 0 Å². The summed E-state index contributed by atoms with van der Waals surface area (Å²) >= 11 is -3.58. The van der Waals surface area contributed by atoms with E-state index in [4.69, 9.17) is 10.7 Å². The molecule has 0 aliphatic rings. The molecule has 0 spiro atoms. The molecule has 0 aliphatic heterocycles. The Balaban J connectivity index is 0. The summed E-state index contributed by atoms with van der Waals surface area (Å²) in [6.45, 7) is 0. The first kappa shape index (κ1) is 9.21. The molecule has 0 aromatic rings. The van der Waals surface area contributed by atoms with E-state index in [-0.39, 0.29) is 12.4 Å². The number of halogens is 1. The second-order valence-electron chi connectivity index (χ2n) is 0.283. The average molecular weight is 134 g/mol. The standard InChI is InChI=1S/ClH.2H2O.O.Ti/h1H;2*1H2;;/q;;;;+2/p-2. The van der Waals surface area contributed by atoms with Crippen LogP contribution in [0.4, 0.5) is 0 Å². The topological polar surface area (TPSA) is 57.5 Å². The van der Waals surface area contributed by atoms with Gasteiger partial charge in [0, 0.05) is 0 Å². The molecule has 0 fully saturated rings. The van der Waals surface area contributed by atoms with Gasteiger partial charge >= 0.3 is 29.3 Å². The van der Waals surface area contributed by atoms with Crippen molar-refractivity contribution in [1.29, 1.82) is 0 Å². The predicted molar refractivity (Wildman–Crippen MR) is 12.4 cm³/mol. The van der Waals surface area contributed by atoms with E-state index in [0.717, 1.165) is 0 Å². The quantitative estimate of drug-likeness (QED) is 0.426. The van der Waals surface area contributed by atoms with Crippen molar-refractivity contribution in [3.63, 3.8) is 0 Å².